The summed E-state index contributed by atoms with van der Waals surface area (Å²) in [4.78, 5) is 0. The lowest BCUT2D eigenvalue weighted by atomic mass is 10.2. The molecule has 1 aromatic carbocycles. The molecule has 5 heteroatoms. The van der Waals surface area contributed by atoms with Crippen molar-refractivity contribution in [1.82, 2.24) is 15.0 Å². The zero-order chi connectivity index (χ0) is 15.8. The molecule has 22 heavy (non-hydrogen) atoms. The van der Waals surface area contributed by atoms with E-state index in [2.05, 4.69) is 24.2 Å². The maximum Gasteiger partial charge on any atom is 0.119 e. The van der Waals surface area contributed by atoms with Gasteiger partial charge in [0.05, 0.1) is 23.7 Å². The Morgan fingerprint density at radius 1 is 1.09 bits per heavy atom. The van der Waals surface area contributed by atoms with Crippen molar-refractivity contribution in [2.75, 3.05) is 6.61 Å². The van der Waals surface area contributed by atoms with Crippen LogP contribution in [0, 0.1) is 0 Å². The van der Waals surface area contributed by atoms with E-state index in [0.29, 0.717) is 6.54 Å². The van der Waals surface area contributed by atoms with Crippen molar-refractivity contribution in [3.63, 3.8) is 0 Å². The molecule has 0 saturated heterocycles. The predicted octanol–water partition coefficient (Wildman–Crippen LogP) is 3.25. The number of hydrogen-bond donors (Lipinski definition) is 1. The number of nitrogens with two attached hydrogens (primary N) is 1. The van der Waals surface area contributed by atoms with Gasteiger partial charge in [-0.05, 0) is 37.1 Å². The highest BCUT2D eigenvalue weighted by atomic mass is 16.5. The molecule has 0 atom stereocenters. The van der Waals surface area contributed by atoms with Crippen LogP contribution >= 0.6 is 0 Å². The highest BCUT2D eigenvalue weighted by Gasteiger charge is 2.11. The van der Waals surface area contributed by atoms with Gasteiger partial charge < -0.3 is 10.5 Å². The van der Waals surface area contributed by atoms with Crippen LogP contribution in [0.1, 0.15) is 50.9 Å². The summed E-state index contributed by atoms with van der Waals surface area (Å²) in [7, 11) is 0. The van der Waals surface area contributed by atoms with Crippen molar-refractivity contribution in [3.8, 4) is 11.4 Å². The predicted molar refractivity (Wildman–Crippen MR) is 88.3 cm³/mol. The van der Waals surface area contributed by atoms with Crippen molar-refractivity contribution in [2.24, 2.45) is 5.73 Å². The maximum absolute atomic E-state index is 5.76. The molecule has 0 aliphatic heterocycles. The second-order valence-electron chi connectivity index (χ2n) is 5.36. The monoisotopic (exact) mass is 302 g/mol. The van der Waals surface area contributed by atoms with Gasteiger partial charge in [-0.15, -0.1) is 5.10 Å². The first-order valence-corrected chi connectivity index (χ1v) is 8.16. The van der Waals surface area contributed by atoms with Crippen molar-refractivity contribution < 1.29 is 4.74 Å². The maximum atomic E-state index is 5.76. The fraction of sp³-hybridized carbons (Fsp3) is 0.529. The quantitative estimate of drug-likeness (QED) is 0.722. The Kier molecular flexibility index (Phi) is 6.40. The van der Waals surface area contributed by atoms with E-state index in [1.807, 2.05) is 28.9 Å². The van der Waals surface area contributed by atoms with E-state index in [0.717, 1.165) is 42.3 Å². The Morgan fingerprint density at radius 2 is 1.86 bits per heavy atom. The summed E-state index contributed by atoms with van der Waals surface area (Å²) in [5, 5.41) is 8.34. The van der Waals surface area contributed by atoms with Crippen LogP contribution in [0.3, 0.4) is 0 Å². The normalized spacial score (nSPS) is 10.9. The van der Waals surface area contributed by atoms with Gasteiger partial charge >= 0.3 is 0 Å². The topological polar surface area (TPSA) is 66.0 Å². The number of nitrogens with zero attached hydrogens (tertiary/aromatic N) is 3. The lowest BCUT2D eigenvalue weighted by molar-refractivity contribution is 0.305. The number of rotatable bonds is 9. The van der Waals surface area contributed by atoms with Gasteiger partial charge in [0, 0.05) is 6.54 Å². The molecule has 120 valence electrons. The molecule has 2 N–H and O–H groups in total. The molecule has 0 aliphatic carbocycles. The molecule has 0 unspecified atom stereocenters. The van der Waals surface area contributed by atoms with Gasteiger partial charge in [0.2, 0.25) is 0 Å². The van der Waals surface area contributed by atoms with Gasteiger partial charge in [0.15, 0.2) is 0 Å². The molecule has 0 fully saturated rings. The lowest BCUT2D eigenvalue weighted by Crippen LogP contribution is -2.05. The van der Waals surface area contributed by atoms with Gasteiger partial charge in [0.1, 0.15) is 5.75 Å². The molecule has 1 aromatic heterocycles. The fourth-order valence-corrected chi connectivity index (χ4v) is 2.46. The van der Waals surface area contributed by atoms with E-state index in [9.17, 15) is 0 Å². The van der Waals surface area contributed by atoms with E-state index in [1.165, 1.54) is 19.3 Å². The highest BCUT2D eigenvalue weighted by molar-refractivity contribution is 5.38. The van der Waals surface area contributed by atoms with Crippen LogP contribution in [0.2, 0.25) is 0 Å². The number of ether oxygens (including phenoxy) is 1. The second kappa shape index (κ2) is 8.54. The van der Waals surface area contributed by atoms with E-state index in [4.69, 9.17) is 10.5 Å². The van der Waals surface area contributed by atoms with Crippen molar-refractivity contribution >= 4 is 0 Å². The average molecular weight is 302 g/mol. The third kappa shape index (κ3) is 4.07. The van der Waals surface area contributed by atoms with Gasteiger partial charge in [-0.25, -0.2) is 4.68 Å². The SMILES string of the molecule is CCCCCCOc1ccc(-n2nnc(CN)c2CC)cc1. The summed E-state index contributed by atoms with van der Waals surface area (Å²) in [5.74, 6) is 0.900. The van der Waals surface area contributed by atoms with E-state index in [1.54, 1.807) is 0 Å². The number of aromatic nitrogens is 3. The Labute approximate surface area is 132 Å². The zero-order valence-corrected chi connectivity index (χ0v) is 13.6. The average Bonchev–Trinajstić information content (AvgIpc) is 2.98. The molecule has 0 bridgehead atoms. The molecule has 5 nitrogen and oxygen atoms in total. The van der Waals surface area contributed by atoms with Crippen LogP contribution in [0.15, 0.2) is 24.3 Å². The van der Waals surface area contributed by atoms with Crippen LogP contribution in [-0.4, -0.2) is 21.6 Å². The largest absolute Gasteiger partial charge is 0.494 e. The summed E-state index contributed by atoms with van der Waals surface area (Å²) in [6, 6.07) is 7.99. The van der Waals surface area contributed by atoms with Crippen LogP contribution in [0.5, 0.6) is 5.75 Å². The summed E-state index contributed by atoms with van der Waals surface area (Å²) < 4.78 is 7.62. The van der Waals surface area contributed by atoms with Crippen LogP contribution < -0.4 is 10.5 Å². The second-order valence-corrected chi connectivity index (χ2v) is 5.36. The zero-order valence-electron chi connectivity index (χ0n) is 13.6. The molecule has 0 radical (unpaired) electrons. The highest BCUT2D eigenvalue weighted by Crippen LogP contribution is 2.18. The number of hydrogen-bond acceptors (Lipinski definition) is 4. The first-order chi connectivity index (χ1) is 10.8. The standard InChI is InChI=1S/C17H26N4O/c1-3-5-6-7-12-22-15-10-8-14(9-11-15)21-17(4-2)16(13-18)19-20-21/h8-11H,3-7,12-13,18H2,1-2H3. The molecule has 2 aromatic rings. The minimum Gasteiger partial charge on any atom is -0.494 e. The Hall–Kier alpha value is -1.88. The summed E-state index contributed by atoms with van der Waals surface area (Å²) in [6.07, 6.45) is 5.72. The van der Waals surface area contributed by atoms with Gasteiger partial charge in [0.25, 0.3) is 0 Å². The first-order valence-electron chi connectivity index (χ1n) is 8.16. The fourth-order valence-electron chi connectivity index (χ4n) is 2.46. The minimum absolute atomic E-state index is 0.419. The smallest absolute Gasteiger partial charge is 0.119 e. The van der Waals surface area contributed by atoms with Gasteiger partial charge in [-0.3, -0.25) is 0 Å². The Bertz CT molecular complexity index is 563. The summed E-state index contributed by atoms with van der Waals surface area (Å²) in [6.45, 7) is 5.49. The third-order valence-electron chi connectivity index (χ3n) is 3.72. The van der Waals surface area contributed by atoms with Crippen LogP contribution in [-0.2, 0) is 13.0 Å². The van der Waals surface area contributed by atoms with Crippen molar-refractivity contribution in [1.29, 1.82) is 0 Å². The number of benzene rings is 1. The van der Waals surface area contributed by atoms with Gasteiger partial charge in [-0.2, -0.15) is 0 Å². The van der Waals surface area contributed by atoms with E-state index in [-0.39, 0.29) is 0 Å². The van der Waals surface area contributed by atoms with Crippen molar-refractivity contribution in [2.45, 2.75) is 52.5 Å². The van der Waals surface area contributed by atoms with Crippen LogP contribution in [0.25, 0.3) is 5.69 Å². The minimum atomic E-state index is 0.419. The van der Waals surface area contributed by atoms with Crippen molar-refractivity contribution in [3.05, 3.63) is 35.7 Å². The molecule has 0 amide bonds. The third-order valence-corrected chi connectivity index (χ3v) is 3.72. The molecular formula is C17H26N4O. The Balaban J connectivity index is 1.98. The van der Waals surface area contributed by atoms with Crippen LogP contribution in [0.4, 0.5) is 0 Å². The molecule has 0 spiro atoms. The lowest BCUT2D eigenvalue weighted by Gasteiger charge is -2.08. The molecule has 0 aliphatic rings. The summed E-state index contributed by atoms with van der Waals surface area (Å²) in [5.41, 5.74) is 8.61. The van der Waals surface area contributed by atoms with E-state index < -0.39 is 0 Å². The van der Waals surface area contributed by atoms with E-state index >= 15 is 0 Å². The molecule has 1 heterocycles. The first kappa shape index (κ1) is 16.5. The molecular weight excluding hydrogens is 276 g/mol. The Morgan fingerprint density at radius 3 is 2.50 bits per heavy atom. The van der Waals surface area contributed by atoms with Gasteiger partial charge in [-0.1, -0.05) is 38.3 Å². The molecule has 0 saturated carbocycles. The summed E-state index contributed by atoms with van der Waals surface area (Å²) >= 11 is 0. The molecule has 2 rings (SSSR count). The number of unbranched alkanes of at least 4 members (excludes halogenated alkanes) is 3.